The predicted octanol–water partition coefficient (Wildman–Crippen LogP) is 6.42. The molecule has 12 heteroatoms. The van der Waals surface area contributed by atoms with E-state index in [0.717, 1.165) is 37.6 Å². The van der Waals surface area contributed by atoms with Crippen LogP contribution in [0.4, 0.5) is 13.2 Å². The van der Waals surface area contributed by atoms with E-state index in [1.165, 1.54) is 25.3 Å². The maximum absolute atomic E-state index is 14.8. The first-order chi connectivity index (χ1) is 20.0. The lowest BCUT2D eigenvalue weighted by Gasteiger charge is -2.32. The summed E-state index contributed by atoms with van der Waals surface area (Å²) in [7, 11) is 0. The van der Waals surface area contributed by atoms with Crippen molar-refractivity contribution in [2.24, 2.45) is 0 Å². The van der Waals surface area contributed by atoms with Crippen LogP contribution in [0, 0.1) is 5.82 Å². The van der Waals surface area contributed by atoms with Gasteiger partial charge >= 0.3 is 12.6 Å². The Balaban J connectivity index is 1.28. The van der Waals surface area contributed by atoms with Crippen LogP contribution in [-0.4, -0.2) is 51.3 Å². The summed E-state index contributed by atoms with van der Waals surface area (Å²) in [6, 6.07) is 10.1. The molecule has 224 valence electrons. The van der Waals surface area contributed by atoms with Crippen LogP contribution in [-0.2, 0) is 28.4 Å². The highest BCUT2D eigenvalue weighted by Crippen LogP contribution is 2.49. The lowest BCUT2D eigenvalue weighted by atomic mass is 9.88. The number of carboxylic acids is 1. The smallest absolute Gasteiger partial charge is 0.345 e. The molecule has 2 aliphatic heterocycles. The second-order valence-electron chi connectivity index (χ2n) is 10.6. The van der Waals surface area contributed by atoms with Crippen LogP contribution in [0.2, 0.25) is 5.02 Å². The van der Waals surface area contributed by atoms with Crippen molar-refractivity contribution in [2.45, 2.75) is 64.2 Å². The van der Waals surface area contributed by atoms with Gasteiger partial charge in [-0.2, -0.15) is 8.78 Å². The number of carboxylic acid groups (broad SMARTS) is 1. The molecule has 1 saturated heterocycles. The number of benzene rings is 2. The summed E-state index contributed by atoms with van der Waals surface area (Å²) in [5, 5.41) is 9.32. The van der Waals surface area contributed by atoms with Gasteiger partial charge in [-0.25, -0.2) is 14.2 Å². The van der Waals surface area contributed by atoms with E-state index < -0.39 is 30.3 Å². The van der Waals surface area contributed by atoms with E-state index in [9.17, 15) is 18.0 Å². The number of carbonyl (C=O) groups is 1. The number of imidazole rings is 1. The average molecular weight is 606 g/mol. The summed E-state index contributed by atoms with van der Waals surface area (Å²) in [5.41, 5.74) is 1.74. The molecule has 1 aromatic heterocycles. The molecule has 5 rings (SSSR count). The number of rotatable bonds is 10. The molecule has 0 radical (unpaired) electrons. The minimum absolute atomic E-state index is 0.0932. The quantitative estimate of drug-likeness (QED) is 0.267. The SMILES string of the molecule is CC(Cn1c(/C=C/C(=O)O)cnc1CN1CCC(c2cccc3c2O[C@@](C)(c2ccc(Cl)cc2F)O3)CC1)OC(F)F. The third kappa shape index (κ3) is 6.58. The zero-order valence-corrected chi connectivity index (χ0v) is 23.9. The number of piperidine rings is 1. The van der Waals surface area contributed by atoms with E-state index in [1.807, 2.05) is 18.2 Å². The number of nitrogens with zero attached hydrogens (tertiary/aromatic N) is 3. The van der Waals surface area contributed by atoms with Crippen LogP contribution in [0.25, 0.3) is 6.08 Å². The van der Waals surface area contributed by atoms with Crippen LogP contribution in [0.5, 0.6) is 11.5 Å². The van der Waals surface area contributed by atoms with Crippen LogP contribution < -0.4 is 9.47 Å². The van der Waals surface area contributed by atoms with Crippen LogP contribution in [0.15, 0.2) is 48.7 Å². The Kier molecular flexibility index (Phi) is 8.81. The zero-order chi connectivity index (χ0) is 30.0. The van der Waals surface area contributed by atoms with Gasteiger partial charge in [0.15, 0.2) is 11.5 Å². The number of para-hydroxylation sites is 1. The maximum Gasteiger partial charge on any atom is 0.345 e. The van der Waals surface area contributed by atoms with Gasteiger partial charge < -0.3 is 23.9 Å². The number of hydrogen-bond donors (Lipinski definition) is 1. The molecule has 1 unspecified atom stereocenters. The molecule has 0 aliphatic carbocycles. The maximum atomic E-state index is 14.8. The first kappa shape index (κ1) is 29.9. The molecule has 8 nitrogen and oxygen atoms in total. The molecular weight excluding hydrogens is 575 g/mol. The van der Waals surface area contributed by atoms with Crippen LogP contribution in [0.1, 0.15) is 55.3 Å². The number of hydrogen-bond acceptors (Lipinski definition) is 6. The number of halogens is 4. The average Bonchev–Trinajstić information content (AvgIpc) is 3.47. The monoisotopic (exact) mass is 605 g/mol. The van der Waals surface area contributed by atoms with Crippen LogP contribution in [0.3, 0.4) is 0 Å². The summed E-state index contributed by atoms with van der Waals surface area (Å²) in [4.78, 5) is 17.7. The Bertz CT molecular complexity index is 1470. The third-order valence-electron chi connectivity index (χ3n) is 7.56. The van der Waals surface area contributed by atoms with Gasteiger partial charge in [0.1, 0.15) is 11.6 Å². The molecule has 3 aromatic rings. The lowest BCUT2D eigenvalue weighted by molar-refractivity contribution is -0.160. The molecule has 0 amide bonds. The summed E-state index contributed by atoms with van der Waals surface area (Å²) in [6.45, 7) is 2.30. The zero-order valence-electron chi connectivity index (χ0n) is 23.1. The minimum atomic E-state index is -2.92. The van der Waals surface area contributed by atoms with Crippen molar-refractivity contribution >= 4 is 23.6 Å². The van der Waals surface area contributed by atoms with Gasteiger partial charge in [-0.1, -0.05) is 23.7 Å². The van der Waals surface area contributed by atoms with E-state index in [0.29, 0.717) is 29.6 Å². The normalized spacial score (nSPS) is 20.1. The van der Waals surface area contributed by atoms with Gasteiger partial charge in [-0.3, -0.25) is 4.90 Å². The molecule has 0 saturated carbocycles. The van der Waals surface area contributed by atoms with Gasteiger partial charge in [-0.15, -0.1) is 0 Å². The second kappa shape index (κ2) is 12.4. The highest BCUT2D eigenvalue weighted by molar-refractivity contribution is 6.30. The van der Waals surface area contributed by atoms with Crippen molar-refractivity contribution in [1.29, 1.82) is 0 Å². The number of fused-ring (bicyclic) bond motifs is 1. The number of likely N-dealkylation sites (tertiary alicyclic amines) is 1. The Labute approximate surface area is 246 Å². The molecule has 2 aliphatic rings. The standard InChI is InChI=1S/C30H31ClF3N3O5/c1-18(40-29(33)34)16-37-21(7-9-27(38)39)15-35-26(37)17-36-12-10-19(11-13-36)22-4-3-5-25-28(22)42-30(2,41-25)23-8-6-20(31)14-24(23)32/h3-9,14-15,18-19,29H,10-13,16-17H2,1-2H3,(H,38,39)/b9-7+/t18?,30-/m0/s1. The van der Waals surface area contributed by atoms with E-state index in [2.05, 4.69) is 14.6 Å². The third-order valence-corrected chi connectivity index (χ3v) is 7.80. The molecule has 1 N–H and O–H groups in total. The number of aromatic nitrogens is 2. The second-order valence-corrected chi connectivity index (χ2v) is 11.0. The molecule has 3 heterocycles. The van der Waals surface area contributed by atoms with Crippen molar-refractivity contribution in [2.75, 3.05) is 13.1 Å². The highest BCUT2D eigenvalue weighted by atomic mass is 35.5. The molecule has 42 heavy (non-hydrogen) atoms. The largest absolute Gasteiger partial charge is 0.478 e. The van der Waals surface area contributed by atoms with Crippen molar-refractivity contribution in [3.05, 3.63) is 82.2 Å². The fraction of sp³-hybridized carbons (Fsp3) is 0.400. The Morgan fingerprint density at radius 2 is 2.02 bits per heavy atom. The first-order valence-corrected chi connectivity index (χ1v) is 14.0. The van der Waals surface area contributed by atoms with Crippen molar-refractivity contribution in [1.82, 2.24) is 14.5 Å². The number of ether oxygens (including phenoxy) is 3. The molecule has 0 bridgehead atoms. The molecule has 2 aromatic carbocycles. The van der Waals surface area contributed by atoms with E-state index >= 15 is 0 Å². The Morgan fingerprint density at radius 3 is 2.71 bits per heavy atom. The molecule has 2 atom stereocenters. The van der Waals surface area contributed by atoms with E-state index in [-0.39, 0.29) is 23.0 Å². The first-order valence-electron chi connectivity index (χ1n) is 13.6. The van der Waals surface area contributed by atoms with Gasteiger partial charge in [-0.05, 0) is 69.1 Å². The fourth-order valence-electron chi connectivity index (χ4n) is 5.57. The topological polar surface area (TPSA) is 86.1 Å². The summed E-state index contributed by atoms with van der Waals surface area (Å²) >= 11 is 5.93. The summed E-state index contributed by atoms with van der Waals surface area (Å²) in [6.07, 6.45) is 4.71. The van der Waals surface area contributed by atoms with Gasteiger partial charge in [0.25, 0.3) is 5.79 Å². The van der Waals surface area contributed by atoms with Gasteiger partial charge in [0.2, 0.25) is 0 Å². The van der Waals surface area contributed by atoms with Crippen molar-refractivity contribution in [3.8, 4) is 11.5 Å². The van der Waals surface area contributed by atoms with Gasteiger partial charge in [0.05, 0.1) is 36.6 Å². The minimum Gasteiger partial charge on any atom is -0.478 e. The van der Waals surface area contributed by atoms with Gasteiger partial charge in [0, 0.05) is 23.6 Å². The summed E-state index contributed by atoms with van der Waals surface area (Å²) < 4.78 is 59.0. The Morgan fingerprint density at radius 1 is 1.26 bits per heavy atom. The van der Waals surface area contributed by atoms with E-state index in [1.54, 1.807) is 23.6 Å². The molecular formula is C30H31ClF3N3O5. The molecule has 1 fully saturated rings. The van der Waals surface area contributed by atoms with E-state index in [4.69, 9.17) is 26.2 Å². The lowest BCUT2D eigenvalue weighted by Crippen LogP contribution is -2.34. The summed E-state index contributed by atoms with van der Waals surface area (Å²) in [5.74, 6) is -1.01. The fourth-order valence-corrected chi connectivity index (χ4v) is 5.73. The predicted molar refractivity (Wildman–Crippen MR) is 149 cm³/mol. The highest BCUT2D eigenvalue weighted by Gasteiger charge is 2.43. The van der Waals surface area contributed by atoms with Crippen molar-refractivity contribution in [3.63, 3.8) is 0 Å². The number of aliphatic carboxylic acids is 1. The number of alkyl halides is 2. The van der Waals surface area contributed by atoms with Crippen LogP contribution >= 0.6 is 11.6 Å². The van der Waals surface area contributed by atoms with Crippen molar-refractivity contribution < 1.29 is 37.3 Å². The molecule has 0 spiro atoms. The Hall–Kier alpha value is -3.54.